The average Bonchev–Trinajstić information content (AvgIpc) is 3.66. The third-order valence-electron chi connectivity index (χ3n) is 9.38. The molecule has 234 valence electrons. The minimum absolute atomic E-state index is 0.297. The fourth-order valence-electron chi connectivity index (χ4n) is 7.17. The number of fused-ring (bicyclic) bond motifs is 4. The smallest absolute Gasteiger partial charge is 0.270 e. The number of aromatic nitrogens is 2. The van der Waals surface area contributed by atoms with Gasteiger partial charge in [0, 0.05) is 21.9 Å². The number of para-hydroxylation sites is 2. The molecule has 0 radical (unpaired) electrons. The number of carbonyl (C=O) groups excluding carboxylic acids is 2. The van der Waals surface area contributed by atoms with Crippen molar-refractivity contribution in [3.8, 4) is 39.2 Å². The van der Waals surface area contributed by atoms with E-state index >= 15 is 0 Å². The molecule has 8 aromatic rings. The first-order valence-electron chi connectivity index (χ1n) is 16.3. The average molecular weight is 643 g/mol. The second-order valence-electron chi connectivity index (χ2n) is 12.2. The van der Waals surface area contributed by atoms with Crippen LogP contribution in [0.5, 0.6) is 0 Å². The molecule has 9 rings (SSSR count). The number of hydrogen-bond donors (Lipinski definition) is 0. The Bertz CT molecular complexity index is 2710. The minimum atomic E-state index is -0.389. The third kappa shape index (κ3) is 4.45. The van der Waals surface area contributed by atoms with Crippen molar-refractivity contribution >= 4 is 45.1 Å². The molecule has 2 aromatic heterocycles. The number of amides is 2. The number of rotatable bonds is 5. The quantitative estimate of drug-likeness (QED) is 0.139. The third-order valence-corrected chi connectivity index (χ3v) is 9.38. The summed E-state index contributed by atoms with van der Waals surface area (Å²) in [5.74, 6) is -0.465. The largest absolute Gasteiger partial charge is 0.361 e. The Labute approximate surface area is 287 Å². The van der Waals surface area contributed by atoms with Gasteiger partial charge >= 0.3 is 0 Å². The number of pyridine rings is 1. The molecule has 0 spiro atoms. The predicted octanol–water partition coefficient (Wildman–Crippen LogP) is 10.5. The lowest BCUT2D eigenvalue weighted by Gasteiger charge is -2.20. The lowest BCUT2D eigenvalue weighted by molar-refractivity contribution is 0.0926. The fraction of sp³-hybridized carbons (Fsp3) is 0. The van der Waals surface area contributed by atoms with Crippen LogP contribution in [-0.2, 0) is 0 Å². The zero-order valence-corrected chi connectivity index (χ0v) is 26.6. The number of benzene rings is 6. The molecule has 50 heavy (non-hydrogen) atoms. The summed E-state index contributed by atoms with van der Waals surface area (Å²) in [6, 6.07) is 50.7. The summed E-state index contributed by atoms with van der Waals surface area (Å²) in [5.41, 5.74) is 8.57. The van der Waals surface area contributed by atoms with Crippen molar-refractivity contribution in [3.05, 3.63) is 180 Å². The van der Waals surface area contributed by atoms with Crippen molar-refractivity contribution in [3.63, 3.8) is 0 Å². The van der Waals surface area contributed by atoms with Gasteiger partial charge in [-0.2, -0.15) is 0 Å². The van der Waals surface area contributed by atoms with Crippen molar-refractivity contribution in [1.29, 1.82) is 0 Å². The monoisotopic (exact) mass is 642 g/mol. The maximum atomic E-state index is 14.9. The van der Waals surface area contributed by atoms with E-state index in [2.05, 4.69) is 26.5 Å². The van der Waals surface area contributed by atoms with E-state index in [1.807, 2.05) is 133 Å². The maximum absolute atomic E-state index is 14.9. The molecule has 0 saturated heterocycles. The number of carbonyl (C=O) groups is 2. The number of anilines is 1. The van der Waals surface area contributed by atoms with Crippen LogP contribution in [0.2, 0.25) is 0 Å². The Kier molecular flexibility index (Phi) is 6.72. The highest BCUT2D eigenvalue weighted by atomic mass is 16.2. The van der Waals surface area contributed by atoms with Gasteiger partial charge in [-0.3, -0.25) is 9.59 Å². The van der Waals surface area contributed by atoms with E-state index in [1.54, 1.807) is 12.1 Å². The Morgan fingerprint density at radius 3 is 2.00 bits per heavy atom. The number of hydrogen-bond acceptors (Lipinski definition) is 3. The van der Waals surface area contributed by atoms with E-state index in [9.17, 15) is 9.59 Å². The first-order chi connectivity index (χ1) is 24.6. The van der Waals surface area contributed by atoms with E-state index in [4.69, 9.17) is 6.57 Å². The van der Waals surface area contributed by atoms with Crippen LogP contribution in [0.15, 0.2) is 158 Å². The van der Waals surface area contributed by atoms with Gasteiger partial charge in [-0.05, 0) is 59.2 Å². The molecule has 6 heteroatoms. The molecule has 0 atom stereocenters. The Balaban J connectivity index is 1.29. The van der Waals surface area contributed by atoms with Crippen LogP contribution in [0.4, 0.5) is 11.5 Å². The van der Waals surface area contributed by atoms with Gasteiger partial charge in [-0.15, -0.1) is 4.98 Å². The molecule has 0 aliphatic carbocycles. The number of imide groups is 1. The molecule has 0 bridgehead atoms. The van der Waals surface area contributed by atoms with Crippen LogP contribution < -0.4 is 4.90 Å². The van der Waals surface area contributed by atoms with Crippen LogP contribution in [-0.4, -0.2) is 21.4 Å². The summed E-state index contributed by atoms with van der Waals surface area (Å²) < 4.78 is 2.07. The van der Waals surface area contributed by atoms with Gasteiger partial charge in [0.2, 0.25) is 0 Å². The van der Waals surface area contributed by atoms with Gasteiger partial charge in [-0.1, -0.05) is 122 Å². The summed E-state index contributed by atoms with van der Waals surface area (Å²) in [5, 5.41) is 1.97. The molecule has 0 saturated carbocycles. The van der Waals surface area contributed by atoms with Crippen molar-refractivity contribution in [2.75, 3.05) is 4.90 Å². The Morgan fingerprint density at radius 1 is 0.520 bits per heavy atom. The molecule has 6 nitrogen and oxygen atoms in total. The molecular formula is C44H26N4O2. The van der Waals surface area contributed by atoms with E-state index in [1.165, 1.54) is 4.90 Å². The molecule has 0 N–H and O–H groups in total. The lowest BCUT2D eigenvalue weighted by Crippen LogP contribution is -2.30. The highest BCUT2D eigenvalue weighted by Gasteiger charge is 2.40. The predicted molar refractivity (Wildman–Crippen MR) is 199 cm³/mol. The highest BCUT2D eigenvalue weighted by Crippen LogP contribution is 2.43. The van der Waals surface area contributed by atoms with Gasteiger partial charge in [0.25, 0.3) is 17.6 Å². The standard InChI is InChI=1S/C44H26N4O2/c1-45-40-24-12-21-36(46-40)34-19-10-18-33-32-17-8-9-22-37(32)47(42(33)34)38-23-11-20-35-41(38)44(50)48(43(35)49)39-27-30(28-13-4-2-5-14-28)25-26-31(39)29-15-6-3-7-16-29/h2-27H. The second kappa shape index (κ2) is 11.6. The van der Waals surface area contributed by atoms with Crippen LogP contribution in [0.25, 0.3) is 65.8 Å². The molecule has 6 aromatic carbocycles. The normalized spacial score (nSPS) is 12.4. The van der Waals surface area contributed by atoms with Crippen LogP contribution in [0.1, 0.15) is 20.7 Å². The summed E-state index contributed by atoms with van der Waals surface area (Å²) in [4.78, 5) is 39.0. The van der Waals surface area contributed by atoms with Crippen molar-refractivity contribution in [2.24, 2.45) is 0 Å². The van der Waals surface area contributed by atoms with Crippen LogP contribution >= 0.6 is 0 Å². The summed E-state index contributed by atoms with van der Waals surface area (Å²) in [7, 11) is 0. The zero-order valence-electron chi connectivity index (χ0n) is 26.6. The maximum Gasteiger partial charge on any atom is 0.270 e. The van der Waals surface area contributed by atoms with Gasteiger partial charge in [0.1, 0.15) is 0 Å². The van der Waals surface area contributed by atoms with Gasteiger partial charge < -0.3 is 9.41 Å². The zero-order chi connectivity index (χ0) is 33.8. The first-order valence-corrected chi connectivity index (χ1v) is 16.3. The Hall–Kier alpha value is -7.10. The fourth-order valence-corrected chi connectivity index (χ4v) is 7.17. The molecular weight excluding hydrogens is 617 g/mol. The second-order valence-corrected chi connectivity index (χ2v) is 12.2. The Morgan fingerprint density at radius 2 is 1.20 bits per heavy atom. The molecule has 0 fully saturated rings. The van der Waals surface area contributed by atoms with Crippen molar-refractivity contribution < 1.29 is 9.59 Å². The van der Waals surface area contributed by atoms with E-state index in [0.717, 1.165) is 49.6 Å². The van der Waals surface area contributed by atoms with E-state index in [-0.39, 0.29) is 11.8 Å². The van der Waals surface area contributed by atoms with Crippen LogP contribution in [0.3, 0.4) is 0 Å². The number of nitrogens with zero attached hydrogens (tertiary/aromatic N) is 4. The highest BCUT2D eigenvalue weighted by molar-refractivity contribution is 6.36. The van der Waals surface area contributed by atoms with Crippen molar-refractivity contribution in [2.45, 2.75) is 0 Å². The SMILES string of the molecule is [C-]#[N+]c1cccc(-c2cccc3c4ccccc4n(-c4cccc5c4C(=O)N(c4cc(-c6ccccc6)ccc4-c4ccccc4)C5=O)c23)n1. The summed E-state index contributed by atoms with van der Waals surface area (Å²) >= 11 is 0. The van der Waals surface area contributed by atoms with E-state index in [0.29, 0.717) is 34.0 Å². The summed E-state index contributed by atoms with van der Waals surface area (Å²) in [6.07, 6.45) is 0. The van der Waals surface area contributed by atoms with Crippen LogP contribution in [0, 0.1) is 6.57 Å². The molecule has 3 heterocycles. The summed E-state index contributed by atoms with van der Waals surface area (Å²) in [6.45, 7) is 7.56. The minimum Gasteiger partial charge on any atom is -0.361 e. The molecule has 0 unspecified atom stereocenters. The van der Waals surface area contributed by atoms with Crippen molar-refractivity contribution in [1.82, 2.24) is 9.55 Å². The molecule has 2 amide bonds. The topological polar surface area (TPSA) is 59.6 Å². The van der Waals surface area contributed by atoms with Gasteiger partial charge in [-0.25, -0.2) is 4.90 Å². The van der Waals surface area contributed by atoms with E-state index < -0.39 is 0 Å². The molecule has 1 aliphatic rings. The molecule has 1 aliphatic heterocycles. The van der Waals surface area contributed by atoms with Gasteiger partial charge in [0.15, 0.2) is 5.69 Å². The first kappa shape index (κ1) is 29.1. The lowest BCUT2D eigenvalue weighted by atomic mass is 9.97. The van der Waals surface area contributed by atoms with Gasteiger partial charge in [0.05, 0.1) is 33.5 Å².